The summed E-state index contributed by atoms with van der Waals surface area (Å²) in [5.74, 6) is 0.848. The third kappa shape index (κ3) is 4.11. The molecule has 0 bridgehead atoms. The molecular weight excluding hydrogens is 162 g/mol. The Kier molecular flexibility index (Phi) is 6.29. The first-order valence-electron chi connectivity index (χ1n) is 5.15. The van der Waals surface area contributed by atoms with Gasteiger partial charge in [-0.25, -0.2) is 0 Å². The van der Waals surface area contributed by atoms with Crippen LogP contribution >= 0.6 is 0 Å². The zero-order valence-electron chi connectivity index (χ0n) is 9.18. The summed E-state index contributed by atoms with van der Waals surface area (Å²) in [6.45, 7) is 6.22. The lowest BCUT2D eigenvalue weighted by molar-refractivity contribution is -0.117. The number of rotatable bonds is 1. The molecule has 0 aromatic rings. The predicted molar refractivity (Wildman–Crippen MR) is 56.5 cm³/mol. The number of allylic oxidation sites excluding steroid dienone is 1. The molecule has 2 nitrogen and oxygen atoms in total. The molecule has 0 aromatic carbocycles. The molecule has 0 spiro atoms. The second-order valence-corrected chi connectivity index (χ2v) is 3.19. The fraction of sp³-hybridized carbons (Fsp3) is 0.727. The van der Waals surface area contributed by atoms with Crippen LogP contribution in [0.1, 0.15) is 40.0 Å². The van der Waals surface area contributed by atoms with Crippen LogP contribution in [0.5, 0.6) is 0 Å². The van der Waals surface area contributed by atoms with Crippen LogP contribution in [0.25, 0.3) is 0 Å². The van der Waals surface area contributed by atoms with Crippen LogP contribution in [0.15, 0.2) is 11.6 Å². The molecule has 0 radical (unpaired) electrons. The molecule has 1 N–H and O–H groups in total. The van der Waals surface area contributed by atoms with Crippen molar-refractivity contribution in [2.24, 2.45) is 5.92 Å². The molecule has 0 saturated carbocycles. The maximum Gasteiger partial charge on any atom is 0.246 e. The Labute approximate surface area is 81.4 Å². The number of carbonyl (C=O) groups excluding carboxylic acids is 1. The zero-order chi connectivity index (χ0) is 10.3. The van der Waals surface area contributed by atoms with Crippen molar-refractivity contribution in [3.8, 4) is 0 Å². The molecule has 0 heterocycles. The average Bonchev–Trinajstić information content (AvgIpc) is 2.21. The van der Waals surface area contributed by atoms with Crippen molar-refractivity contribution in [3.05, 3.63) is 11.6 Å². The summed E-state index contributed by atoms with van der Waals surface area (Å²) in [5, 5.41) is 2.64. The van der Waals surface area contributed by atoms with Gasteiger partial charge in [0.05, 0.1) is 0 Å². The number of nitrogens with one attached hydrogen (secondary N) is 1. The number of carbonyl (C=O) groups is 1. The Morgan fingerprint density at radius 3 is 2.54 bits per heavy atom. The smallest absolute Gasteiger partial charge is 0.246 e. The quantitative estimate of drug-likeness (QED) is 0.665. The summed E-state index contributed by atoms with van der Waals surface area (Å²) in [6.07, 6.45) is 5.22. The summed E-state index contributed by atoms with van der Waals surface area (Å²) in [7, 11) is 1.68. The molecule has 1 unspecified atom stereocenters. The standard InChI is InChI=1S/C9H15NO.C2H6/c1-7-3-5-8(6-4-7)9(11)10-2;1-2/h5,7H,3-4,6H2,1-2H3,(H,10,11);1-2H3. The molecule has 0 saturated heterocycles. The maximum absolute atomic E-state index is 11.1. The van der Waals surface area contributed by atoms with E-state index in [1.165, 1.54) is 0 Å². The molecule has 76 valence electrons. The van der Waals surface area contributed by atoms with Gasteiger partial charge in [0.1, 0.15) is 0 Å². The van der Waals surface area contributed by atoms with E-state index in [1.54, 1.807) is 7.05 Å². The van der Waals surface area contributed by atoms with Gasteiger partial charge in [0.2, 0.25) is 5.91 Å². The first kappa shape index (κ1) is 12.2. The van der Waals surface area contributed by atoms with E-state index in [4.69, 9.17) is 0 Å². The van der Waals surface area contributed by atoms with Gasteiger partial charge >= 0.3 is 0 Å². The summed E-state index contributed by atoms with van der Waals surface area (Å²) in [5.41, 5.74) is 0.964. The second kappa shape index (κ2) is 6.70. The fourth-order valence-corrected chi connectivity index (χ4v) is 1.33. The van der Waals surface area contributed by atoms with E-state index in [1.807, 2.05) is 13.8 Å². The van der Waals surface area contributed by atoms with Crippen molar-refractivity contribution in [1.82, 2.24) is 5.32 Å². The Morgan fingerprint density at radius 1 is 1.54 bits per heavy atom. The first-order chi connectivity index (χ1) is 6.24. The maximum atomic E-state index is 11.1. The van der Waals surface area contributed by atoms with Crippen molar-refractivity contribution in [2.75, 3.05) is 7.05 Å². The van der Waals surface area contributed by atoms with Crippen LogP contribution in [-0.2, 0) is 4.79 Å². The molecule has 1 aliphatic carbocycles. The van der Waals surface area contributed by atoms with Gasteiger partial charge in [-0.05, 0) is 25.2 Å². The summed E-state index contributed by atoms with van der Waals surface area (Å²) < 4.78 is 0. The van der Waals surface area contributed by atoms with Crippen LogP contribution in [-0.4, -0.2) is 13.0 Å². The number of likely N-dealkylation sites (N-methyl/N-ethyl adjacent to an activating group) is 1. The first-order valence-corrected chi connectivity index (χ1v) is 5.15. The van der Waals surface area contributed by atoms with Crippen LogP contribution in [0.4, 0.5) is 0 Å². The molecule has 0 aliphatic heterocycles. The minimum atomic E-state index is 0.0944. The Morgan fingerprint density at radius 2 is 2.15 bits per heavy atom. The SMILES string of the molecule is CC.CNC(=O)C1=CCC(C)CC1. The van der Waals surface area contributed by atoms with E-state index in [0.29, 0.717) is 0 Å². The largest absolute Gasteiger partial charge is 0.355 e. The molecular formula is C11H21NO. The van der Waals surface area contributed by atoms with E-state index in [9.17, 15) is 4.79 Å². The lowest BCUT2D eigenvalue weighted by Gasteiger charge is -2.16. The fourth-order valence-electron chi connectivity index (χ4n) is 1.33. The summed E-state index contributed by atoms with van der Waals surface area (Å²) in [6, 6.07) is 0. The van der Waals surface area contributed by atoms with Crippen molar-refractivity contribution >= 4 is 5.91 Å². The van der Waals surface area contributed by atoms with Gasteiger partial charge < -0.3 is 5.32 Å². The summed E-state index contributed by atoms with van der Waals surface area (Å²) >= 11 is 0. The minimum Gasteiger partial charge on any atom is -0.355 e. The molecule has 0 aromatic heterocycles. The minimum absolute atomic E-state index is 0.0944. The third-order valence-corrected chi connectivity index (χ3v) is 2.19. The Balaban J connectivity index is 0.000000671. The normalized spacial score (nSPS) is 20.9. The van der Waals surface area contributed by atoms with Crippen LogP contribution < -0.4 is 5.32 Å². The molecule has 1 aliphatic rings. The van der Waals surface area contributed by atoms with Gasteiger partial charge in [-0.15, -0.1) is 0 Å². The Hall–Kier alpha value is -0.790. The number of hydrogen-bond acceptors (Lipinski definition) is 1. The van der Waals surface area contributed by atoms with E-state index < -0.39 is 0 Å². The van der Waals surface area contributed by atoms with Crippen molar-refractivity contribution in [1.29, 1.82) is 0 Å². The highest BCUT2D eigenvalue weighted by Crippen LogP contribution is 2.22. The third-order valence-electron chi connectivity index (χ3n) is 2.19. The topological polar surface area (TPSA) is 29.1 Å². The molecule has 1 atom stereocenters. The summed E-state index contributed by atoms with van der Waals surface area (Å²) in [4.78, 5) is 11.1. The van der Waals surface area contributed by atoms with Gasteiger partial charge in [0.15, 0.2) is 0 Å². The monoisotopic (exact) mass is 183 g/mol. The molecule has 2 heteroatoms. The number of amides is 1. The highest BCUT2D eigenvalue weighted by atomic mass is 16.1. The number of hydrogen-bond donors (Lipinski definition) is 1. The van der Waals surface area contributed by atoms with Crippen molar-refractivity contribution in [2.45, 2.75) is 40.0 Å². The highest BCUT2D eigenvalue weighted by Gasteiger charge is 2.14. The highest BCUT2D eigenvalue weighted by molar-refractivity contribution is 5.93. The van der Waals surface area contributed by atoms with E-state index >= 15 is 0 Å². The lowest BCUT2D eigenvalue weighted by Crippen LogP contribution is -2.22. The Bertz CT molecular complexity index is 185. The van der Waals surface area contributed by atoms with Crippen LogP contribution in [0.3, 0.4) is 0 Å². The molecule has 0 fully saturated rings. The van der Waals surface area contributed by atoms with E-state index in [2.05, 4.69) is 18.3 Å². The van der Waals surface area contributed by atoms with Gasteiger partial charge in [0.25, 0.3) is 0 Å². The van der Waals surface area contributed by atoms with Crippen molar-refractivity contribution < 1.29 is 4.79 Å². The van der Waals surface area contributed by atoms with E-state index in [-0.39, 0.29) is 5.91 Å². The zero-order valence-corrected chi connectivity index (χ0v) is 9.18. The van der Waals surface area contributed by atoms with Crippen LogP contribution in [0, 0.1) is 5.92 Å². The van der Waals surface area contributed by atoms with Gasteiger partial charge in [-0.1, -0.05) is 26.8 Å². The average molecular weight is 183 g/mol. The lowest BCUT2D eigenvalue weighted by atomic mass is 9.91. The van der Waals surface area contributed by atoms with Gasteiger partial charge in [0, 0.05) is 12.6 Å². The second-order valence-electron chi connectivity index (χ2n) is 3.19. The molecule has 1 rings (SSSR count). The van der Waals surface area contributed by atoms with Gasteiger partial charge in [-0.2, -0.15) is 0 Å². The van der Waals surface area contributed by atoms with Crippen molar-refractivity contribution in [3.63, 3.8) is 0 Å². The molecule has 1 amide bonds. The van der Waals surface area contributed by atoms with E-state index in [0.717, 1.165) is 30.8 Å². The predicted octanol–water partition coefficient (Wildman–Crippen LogP) is 2.51. The molecule has 13 heavy (non-hydrogen) atoms. The van der Waals surface area contributed by atoms with Crippen LogP contribution in [0.2, 0.25) is 0 Å². The van der Waals surface area contributed by atoms with Gasteiger partial charge in [-0.3, -0.25) is 4.79 Å².